The molecule has 3 unspecified atom stereocenters. The Morgan fingerprint density at radius 2 is 2.16 bits per heavy atom. The summed E-state index contributed by atoms with van der Waals surface area (Å²) in [5.74, 6) is -0.355. The topological polar surface area (TPSA) is 87.7 Å². The van der Waals surface area contributed by atoms with E-state index in [2.05, 4.69) is 22.5 Å². The van der Waals surface area contributed by atoms with Crippen molar-refractivity contribution in [3.8, 4) is 0 Å². The second kappa shape index (κ2) is 5.16. The van der Waals surface area contributed by atoms with Crippen molar-refractivity contribution >= 4 is 18.2 Å². The van der Waals surface area contributed by atoms with E-state index >= 15 is 0 Å². The van der Waals surface area contributed by atoms with Crippen LogP contribution in [-0.2, 0) is 19.1 Å². The molecule has 1 saturated carbocycles. The van der Waals surface area contributed by atoms with Crippen LogP contribution in [0.1, 0.15) is 26.2 Å². The zero-order valence-electron chi connectivity index (χ0n) is 11.1. The number of carbonyl (C=O) groups is 3. The number of ether oxygens (including phenoxy) is 1. The lowest BCUT2D eigenvalue weighted by Gasteiger charge is -2.60. The first kappa shape index (κ1) is 13.8. The first-order valence-electron chi connectivity index (χ1n) is 6.35. The van der Waals surface area contributed by atoms with Crippen molar-refractivity contribution in [3.63, 3.8) is 0 Å². The van der Waals surface area contributed by atoms with Crippen LogP contribution in [0, 0.1) is 5.92 Å². The van der Waals surface area contributed by atoms with Gasteiger partial charge >= 0.3 is 0 Å². The molecule has 2 aliphatic heterocycles. The third-order valence-corrected chi connectivity index (χ3v) is 3.95. The summed E-state index contributed by atoms with van der Waals surface area (Å²) in [6, 6.07) is 0.154. The monoisotopic (exact) mass is 269 g/mol. The number of nitrogens with one attached hydrogen (secondary N) is 2. The van der Waals surface area contributed by atoms with Gasteiger partial charge in [-0.3, -0.25) is 25.2 Å². The van der Waals surface area contributed by atoms with Crippen LogP contribution in [0.2, 0.25) is 0 Å². The van der Waals surface area contributed by atoms with Crippen molar-refractivity contribution in [2.24, 2.45) is 5.92 Å². The summed E-state index contributed by atoms with van der Waals surface area (Å²) < 4.78 is 4.65. The summed E-state index contributed by atoms with van der Waals surface area (Å²) in [4.78, 5) is 36.1. The summed E-state index contributed by atoms with van der Waals surface area (Å²) in [5.41, 5.74) is 3.88. The van der Waals surface area contributed by atoms with Crippen LogP contribution in [0.4, 0.5) is 0 Å². The van der Waals surface area contributed by atoms with Crippen LogP contribution in [0.5, 0.6) is 0 Å². The number of amides is 3. The number of hydrogen-bond donors (Lipinski definition) is 2. The second-order valence-electron chi connectivity index (χ2n) is 5.38. The summed E-state index contributed by atoms with van der Waals surface area (Å²) in [7, 11) is 1.40. The Morgan fingerprint density at radius 3 is 2.79 bits per heavy atom. The summed E-state index contributed by atoms with van der Waals surface area (Å²) in [6.45, 7) is 1.95. The Bertz CT molecular complexity index is 400. The molecule has 3 fully saturated rings. The molecule has 106 valence electrons. The fraction of sp³-hybridized carbons (Fsp3) is 0.750. The second-order valence-corrected chi connectivity index (χ2v) is 5.38. The molecule has 7 nitrogen and oxygen atoms in total. The van der Waals surface area contributed by atoms with E-state index in [-0.39, 0.29) is 18.6 Å². The fourth-order valence-electron chi connectivity index (χ4n) is 3.24. The van der Waals surface area contributed by atoms with Crippen LogP contribution in [0.15, 0.2) is 0 Å². The lowest BCUT2D eigenvalue weighted by atomic mass is 9.64. The van der Waals surface area contributed by atoms with Crippen LogP contribution >= 0.6 is 0 Å². The molecule has 3 rings (SSSR count). The van der Waals surface area contributed by atoms with Gasteiger partial charge < -0.3 is 9.64 Å². The van der Waals surface area contributed by atoms with Crippen molar-refractivity contribution in [2.45, 2.75) is 37.8 Å². The Balaban J connectivity index is 1.97. The van der Waals surface area contributed by atoms with E-state index in [1.807, 2.05) is 0 Å². The van der Waals surface area contributed by atoms with Gasteiger partial charge in [-0.25, -0.2) is 0 Å². The standard InChI is InChI=1S/C12H19N3O4/c1-8-3-9-5-12(4-8,15(9)7-16)11(18)14-13-10(17)6-19-2/h7-9H,3-6H2,1-2H3,(H,13,17)(H,14,18). The maximum atomic E-state index is 12.2. The maximum Gasteiger partial charge on any atom is 0.264 e. The highest BCUT2D eigenvalue weighted by Gasteiger charge is 2.60. The molecule has 0 spiro atoms. The molecule has 2 bridgehead atoms. The molecule has 2 N–H and O–H groups in total. The van der Waals surface area contributed by atoms with E-state index in [0.717, 1.165) is 12.8 Å². The molecule has 3 amide bonds. The number of hydrazine groups is 1. The molecule has 0 aromatic rings. The highest BCUT2D eigenvalue weighted by molar-refractivity contribution is 5.92. The quantitative estimate of drug-likeness (QED) is 0.515. The van der Waals surface area contributed by atoms with Gasteiger partial charge in [-0.05, 0) is 18.8 Å². The number of nitrogens with zero attached hydrogens (tertiary/aromatic N) is 1. The maximum absolute atomic E-state index is 12.2. The molecule has 3 aliphatic rings. The van der Waals surface area contributed by atoms with Crippen LogP contribution < -0.4 is 10.9 Å². The molecule has 2 saturated heterocycles. The summed E-state index contributed by atoms with van der Waals surface area (Å²) >= 11 is 0. The van der Waals surface area contributed by atoms with E-state index in [4.69, 9.17) is 0 Å². The molecule has 1 aliphatic carbocycles. The molecular weight excluding hydrogens is 250 g/mol. The zero-order valence-corrected chi connectivity index (χ0v) is 11.1. The third kappa shape index (κ3) is 2.30. The van der Waals surface area contributed by atoms with Crippen LogP contribution in [0.25, 0.3) is 0 Å². The van der Waals surface area contributed by atoms with E-state index in [9.17, 15) is 14.4 Å². The van der Waals surface area contributed by atoms with Gasteiger partial charge in [-0.2, -0.15) is 0 Å². The minimum absolute atomic E-state index is 0.121. The zero-order chi connectivity index (χ0) is 14.0. The van der Waals surface area contributed by atoms with Gasteiger partial charge in [-0.15, -0.1) is 0 Å². The SMILES string of the molecule is COCC(=O)NNC(=O)C12CC(C)CC(C1)N2C=O. The Morgan fingerprint density at radius 1 is 1.42 bits per heavy atom. The van der Waals surface area contributed by atoms with Crippen molar-refractivity contribution < 1.29 is 19.1 Å². The molecule has 3 atom stereocenters. The van der Waals surface area contributed by atoms with E-state index < -0.39 is 11.4 Å². The fourth-order valence-corrected chi connectivity index (χ4v) is 3.24. The van der Waals surface area contributed by atoms with Crippen LogP contribution in [-0.4, -0.2) is 48.4 Å². The number of piperidine rings is 1. The van der Waals surface area contributed by atoms with Gasteiger partial charge in [-0.1, -0.05) is 6.92 Å². The number of fused-ring (bicyclic) bond motifs is 2. The number of carbonyl (C=O) groups excluding carboxylic acids is 3. The molecule has 2 heterocycles. The average Bonchev–Trinajstić information content (AvgIpc) is 2.35. The molecule has 0 radical (unpaired) electrons. The van der Waals surface area contributed by atoms with Gasteiger partial charge in [0.05, 0.1) is 0 Å². The molecule has 0 aromatic heterocycles. The minimum atomic E-state index is -0.787. The third-order valence-electron chi connectivity index (χ3n) is 3.95. The average molecular weight is 269 g/mol. The van der Waals surface area contributed by atoms with Gasteiger partial charge in [0.2, 0.25) is 6.41 Å². The Kier molecular flexibility index (Phi) is 3.75. The first-order valence-corrected chi connectivity index (χ1v) is 6.35. The number of methoxy groups -OCH3 is 1. The smallest absolute Gasteiger partial charge is 0.264 e. The summed E-state index contributed by atoms with van der Waals surface area (Å²) in [5, 5.41) is 0. The van der Waals surface area contributed by atoms with Crippen molar-refractivity contribution in [1.29, 1.82) is 0 Å². The summed E-state index contributed by atoms with van der Waals surface area (Å²) in [6.07, 6.45) is 2.97. The van der Waals surface area contributed by atoms with E-state index in [1.165, 1.54) is 7.11 Å². The molecule has 7 heteroatoms. The van der Waals surface area contributed by atoms with E-state index in [0.29, 0.717) is 18.8 Å². The minimum Gasteiger partial charge on any atom is -0.375 e. The lowest BCUT2D eigenvalue weighted by molar-refractivity contribution is -0.173. The molecular formula is C12H19N3O4. The largest absolute Gasteiger partial charge is 0.375 e. The van der Waals surface area contributed by atoms with Crippen molar-refractivity contribution in [3.05, 3.63) is 0 Å². The highest BCUT2D eigenvalue weighted by Crippen LogP contribution is 2.48. The Hall–Kier alpha value is -1.63. The Labute approximate surface area is 111 Å². The van der Waals surface area contributed by atoms with E-state index in [1.54, 1.807) is 4.90 Å². The van der Waals surface area contributed by atoms with Crippen LogP contribution in [0.3, 0.4) is 0 Å². The number of hydrogen-bond acceptors (Lipinski definition) is 4. The molecule has 19 heavy (non-hydrogen) atoms. The lowest BCUT2D eigenvalue weighted by Crippen LogP contribution is -2.75. The van der Waals surface area contributed by atoms with Gasteiger partial charge in [0.1, 0.15) is 12.1 Å². The first-order chi connectivity index (χ1) is 9.03. The van der Waals surface area contributed by atoms with Crippen molar-refractivity contribution in [2.75, 3.05) is 13.7 Å². The number of rotatable bonds is 4. The predicted octanol–water partition coefficient (Wildman–Crippen LogP) is -0.820. The normalized spacial score (nSPS) is 32.2. The van der Waals surface area contributed by atoms with Gasteiger partial charge in [0, 0.05) is 19.6 Å². The predicted molar refractivity (Wildman–Crippen MR) is 65.6 cm³/mol. The molecule has 0 aromatic carbocycles. The van der Waals surface area contributed by atoms with Gasteiger partial charge in [0.25, 0.3) is 11.8 Å². The van der Waals surface area contributed by atoms with Gasteiger partial charge in [0.15, 0.2) is 0 Å². The highest BCUT2D eigenvalue weighted by atomic mass is 16.5. The van der Waals surface area contributed by atoms with Crippen molar-refractivity contribution in [1.82, 2.24) is 15.8 Å².